The molecule has 3 aromatic rings. The van der Waals surface area contributed by atoms with Crippen molar-refractivity contribution in [3.8, 4) is 11.3 Å². The van der Waals surface area contributed by atoms with Crippen molar-refractivity contribution < 1.29 is 4.79 Å². The van der Waals surface area contributed by atoms with Crippen LogP contribution < -0.4 is 0 Å². The fraction of sp³-hybridized carbons (Fsp3) is 0.333. The van der Waals surface area contributed by atoms with E-state index in [-0.39, 0.29) is 5.91 Å². The quantitative estimate of drug-likeness (QED) is 0.700. The summed E-state index contributed by atoms with van der Waals surface area (Å²) in [5.74, 6) is 0.217. The van der Waals surface area contributed by atoms with E-state index in [1.807, 2.05) is 17.0 Å². The van der Waals surface area contributed by atoms with Crippen molar-refractivity contribution in [2.45, 2.75) is 20.3 Å². The Hall–Kier alpha value is -2.72. The molecule has 1 aliphatic heterocycles. The van der Waals surface area contributed by atoms with E-state index in [1.165, 1.54) is 11.1 Å². The van der Waals surface area contributed by atoms with E-state index in [1.54, 1.807) is 0 Å². The molecule has 1 amide bonds. The number of pyridine rings is 1. The number of nitrogens with zero attached hydrogens (tertiary/aromatic N) is 3. The van der Waals surface area contributed by atoms with Gasteiger partial charge in [0.05, 0.1) is 17.6 Å². The van der Waals surface area contributed by atoms with Crippen LogP contribution in [-0.4, -0.2) is 53.9 Å². The average Bonchev–Trinajstić information content (AvgIpc) is 2.69. The zero-order valence-electron chi connectivity index (χ0n) is 16.9. The van der Waals surface area contributed by atoms with Crippen molar-refractivity contribution in [1.82, 2.24) is 14.8 Å². The summed E-state index contributed by atoms with van der Waals surface area (Å²) in [4.78, 5) is 21.8. The maximum Gasteiger partial charge on any atom is 0.227 e. The molecule has 0 spiro atoms. The number of likely N-dealkylation sites (N-methyl/N-ethyl adjacent to an activating group) is 1. The number of fused-ring (bicyclic) bond motifs is 1. The van der Waals surface area contributed by atoms with Gasteiger partial charge in [0.2, 0.25) is 5.91 Å². The lowest BCUT2D eigenvalue weighted by atomic mass is 10.0. The number of rotatable bonds is 3. The first-order chi connectivity index (χ1) is 13.5. The second-order valence-corrected chi connectivity index (χ2v) is 7.91. The number of carbonyl (C=O) groups is 1. The van der Waals surface area contributed by atoms with Crippen molar-refractivity contribution in [1.29, 1.82) is 0 Å². The van der Waals surface area contributed by atoms with E-state index in [0.29, 0.717) is 6.42 Å². The van der Waals surface area contributed by atoms with Crippen LogP contribution in [0.4, 0.5) is 0 Å². The van der Waals surface area contributed by atoms with Gasteiger partial charge in [0.25, 0.3) is 0 Å². The minimum Gasteiger partial charge on any atom is -0.340 e. The Morgan fingerprint density at radius 1 is 1.00 bits per heavy atom. The smallest absolute Gasteiger partial charge is 0.227 e. The topological polar surface area (TPSA) is 36.4 Å². The zero-order chi connectivity index (χ0) is 19.7. The number of piperazine rings is 1. The van der Waals surface area contributed by atoms with Gasteiger partial charge < -0.3 is 9.80 Å². The Balaban J connectivity index is 1.58. The first kappa shape index (κ1) is 18.6. The largest absolute Gasteiger partial charge is 0.340 e. The van der Waals surface area contributed by atoms with Crippen LogP contribution in [-0.2, 0) is 11.2 Å². The predicted molar refractivity (Wildman–Crippen MR) is 114 cm³/mol. The number of hydrogen-bond donors (Lipinski definition) is 0. The Bertz CT molecular complexity index is 1020. The third kappa shape index (κ3) is 3.92. The van der Waals surface area contributed by atoms with Gasteiger partial charge in [-0.05, 0) is 56.3 Å². The zero-order valence-corrected chi connectivity index (χ0v) is 16.9. The van der Waals surface area contributed by atoms with Gasteiger partial charge in [-0.15, -0.1) is 0 Å². The monoisotopic (exact) mass is 373 g/mol. The number of hydrogen-bond acceptors (Lipinski definition) is 3. The molecule has 2 heterocycles. The molecule has 0 bridgehead atoms. The maximum atomic E-state index is 12.7. The second-order valence-electron chi connectivity index (χ2n) is 7.91. The van der Waals surface area contributed by atoms with E-state index in [0.717, 1.165) is 53.9 Å². The van der Waals surface area contributed by atoms with Crippen LogP contribution in [0.25, 0.3) is 22.2 Å². The van der Waals surface area contributed by atoms with Crippen LogP contribution >= 0.6 is 0 Å². The standard InChI is InChI=1S/C24H27N3O/c1-17-5-4-6-20(13-17)23-14-18(2)21-15-19(7-8-22(21)25-23)16-24(28)27-11-9-26(3)10-12-27/h4-8,13-15H,9-12,16H2,1-3H3. The number of carbonyl (C=O) groups excluding carboxylic acids is 1. The lowest BCUT2D eigenvalue weighted by Crippen LogP contribution is -2.47. The minimum absolute atomic E-state index is 0.217. The summed E-state index contributed by atoms with van der Waals surface area (Å²) in [6.45, 7) is 7.77. The van der Waals surface area contributed by atoms with Crippen LogP contribution in [0.1, 0.15) is 16.7 Å². The van der Waals surface area contributed by atoms with Crippen LogP contribution in [0.5, 0.6) is 0 Å². The molecule has 28 heavy (non-hydrogen) atoms. The Labute approximate surface area is 166 Å². The Morgan fingerprint density at radius 2 is 1.79 bits per heavy atom. The van der Waals surface area contributed by atoms with Gasteiger partial charge in [0, 0.05) is 37.1 Å². The van der Waals surface area contributed by atoms with Crippen LogP contribution in [0.15, 0.2) is 48.5 Å². The molecule has 0 unspecified atom stereocenters. The number of aryl methyl sites for hydroxylation is 2. The van der Waals surface area contributed by atoms with Gasteiger partial charge in [-0.3, -0.25) is 4.79 Å². The van der Waals surface area contributed by atoms with Crippen molar-refractivity contribution in [3.63, 3.8) is 0 Å². The first-order valence-corrected chi connectivity index (χ1v) is 9.93. The molecule has 0 saturated carbocycles. The minimum atomic E-state index is 0.217. The highest BCUT2D eigenvalue weighted by molar-refractivity contribution is 5.87. The van der Waals surface area contributed by atoms with Crippen molar-refractivity contribution in [2.24, 2.45) is 0 Å². The highest BCUT2D eigenvalue weighted by Crippen LogP contribution is 2.26. The summed E-state index contributed by atoms with van der Waals surface area (Å²) >= 11 is 0. The molecular formula is C24H27N3O. The van der Waals surface area contributed by atoms with E-state index < -0.39 is 0 Å². The summed E-state index contributed by atoms with van der Waals surface area (Å²) in [5, 5.41) is 1.13. The van der Waals surface area contributed by atoms with Gasteiger partial charge >= 0.3 is 0 Å². The van der Waals surface area contributed by atoms with E-state index >= 15 is 0 Å². The Morgan fingerprint density at radius 3 is 2.54 bits per heavy atom. The lowest BCUT2D eigenvalue weighted by Gasteiger charge is -2.32. The summed E-state index contributed by atoms with van der Waals surface area (Å²) in [5.41, 5.74) is 6.59. The fourth-order valence-electron chi connectivity index (χ4n) is 3.85. The maximum absolute atomic E-state index is 12.7. The molecule has 1 aliphatic rings. The third-order valence-electron chi connectivity index (χ3n) is 5.61. The van der Waals surface area contributed by atoms with Crippen LogP contribution in [0, 0.1) is 13.8 Å². The molecule has 4 rings (SSSR count). The summed E-state index contributed by atoms with van der Waals surface area (Å²) < 4.78 is 0. The summed E-state index contributed by atoms with van der Waals surface area (Å²) in [6, 6.07) is 16.8. The molecule has 1 aromatic heterocycles. The summed E-state index contributed by atoms with van der Waals surface area (Å²) in [7, 11) is 2.10. The van der Waals surface area contributed by atoms with Crippen LogP contribution in [0.3, 0.4) is 0 Å². The van der Waals surface area contributed by atoms with E-state index in [4.69, 9.17) is 4.98 Å². The average molecular weight is 374 g/mol. The van der Waals surface area contributed by atoms with Crippen molar-refractivity contribution in [3.05, 3.63) is 65.2 Å². The van der Waals surface area contributed by atoms with E-state index in [9.17, 15) is 4.79 Å². The molecule has 4 nitrogen and oxygen atoms in total. The molecule has 1 saturated heterocycles. The number of aromatic nitrogens is 1. The SMILES string of the molecule is Cc1cccc(-c2cc(C)c3cc(CC(=O)N4CCN(C)CC4)ccc3n2)c1. The molecule has 0 aliphatic carbocycles. The molecule has 4 heteroatoms. The lowest BCUT2D eigenvalue weighted by molar-refractivity contribution is -0.132. The van der Waals surface area contributed by atoms with Gasteiger partial charge in [0.1, 0.15) is 0 Å². The second kappa shape index (κ2) is 7.72. The molecule has 2 aromatic carbocycles. The highest BCUT2D eigenvalue weighted by atomic mass is 16.2. The molecular weight excluding hydrogens is 346 g/mol. The third-order valence-corrected chi connectivity index (χ3v) is 5.61. The van der Waals surface area contributed by atoms with Crippen molar-refractivity contribution in [2.75, 3.05) is 33.2 Å². The first-order valence-electron chi connectivity index (χ1n) is 9.93. The molecule has 0 radical (unpaired) electrons. The molecule has 0 N–H and O–H groups in total. The molecule has 1 fully saturated rings. The van der Waals surface area contributed by atoms with Gasteiger partial charge in [-0.1, -0.05) is 29.8 Å². The summed E-state index contributed by atoms with van der Waals surface area (Å²) in [6.07, 6.45) is 0.457. The Kier molecular flexibility index (Phi) is 5.14. The van der Waals surface area contributed by atoms with Crippen molar-refractivity contribution >= 4 is 16.8 Å². The normalized spacial score (nSPS) is 15.2. The molecule has 0 atom stereocenters. The van der Waals surface area contributed by atoms with Gasteiger partial charge in [-0.2, -0.15) is 0 Å². The van der Waals surface area contributed by atoms with E-state index in [2.05, 4.69) is 62.2 Å². The highest BCUT2D eigenvalue weighted by Gasteiger charge is 2.19. The number of amides is 1. The van der Waals surface area contributed by atoms with Crippen LogP contribution in [0.2, 0.25) is 0 Å². The molecule has 144 valence electrons. The number of benzene rings is 2. The fourth-order valence-corrected chi connectivity index (χ4v) is 3.85. The van der Waals surface area contributed by atoms with Gasteiger partial charge in [0.15, 0.2) is 0 Å². The van der Waals surface area contributed by atoms with Gasteiger partial charge in [-0.25, -0.2) is 4.98 Å². The predicted octanol–water partition coefficient (Wildman–Crippen LogP) is 3.84.